The van der Waals surface area contributed by atoms with Crippen molar-refractivity contribution in [1.29, 1.82) is 0 Å². The SMILES string of the molecule is O=C([O-])C(Cc1ccccc1)NP([O-])(=S)c1ccccc1. The van der Waals surface area contributed by atoms with Gasteiger partial charge in [-0.15, -0.1) is 0 Å². The van der Waals surface area contributed by atoms with Crippen LogP contribution < -0.4 is 20.4 Å². The maximum absolute atomic E-state index is 12.5. The summed E-state index contributed by atoms with van der Waals surface area (Å²) in [6, 6.07) is 16.4. The van der Waals surface area contributed by atoms with E-state index < -0.39 is 18.4 Å². The van der Waals surface area contributed by atoms with Gasteiger partial charge in [0.1, 0.15) is 0 Å². The molecule has 1 N–H and O–H groups in total. The van der Waals surface area contributed by atoms with Crippen LogP contribution >= 0.6 is 6.42 Å². The van der Waals surface area contributed by atoms with Crippen LogP contribution in [0.4, 0.5) is 0 Å². The van der Waals surface area contributed by atoms with Gasteiger partial charge in [-0.05, 0) is 23.7 Å². The van der Waals surface area contributed by atoms with Gasteiger partial charge in [0.15, 0.2) is 0 Å². The summed E-state index contributed by atoms with van der Waals surface area (Å²) in [6.45, 7) is 0. The van der Waals surface area contributed by atoms with Crippen molar-refractivity contribution < 1.29 is 14.8 Å². The van der Waals surface area contributed by atoms with Crippen molar-refractivity contribution in [2.45, 2.75) is 12.5 Å². The molecular formula is C15H14NO3PS-2. The van der Waals surface area contributed by atoms with E-state index in [4.69, 9.17) is 11.8 Å². The molecule has 0 fully saturated rings. The predicted octanol–water partition coefficient (Wildman–Crippen LogP) is -0.0675. The molecule has 2 atom stereocenters. The van der Waals surface area contributed by atoms with E-state index in [9.17, 15) is 14.8 Å². The van der Waals surface area contributed by atoms with Gasteiger partial charge in [0.25, 0.3) is 0 Å². The lowest BCUT2D eigenvalue weighted by Crippen LogP contribution is -2.48. The number of nitrogens with one attached hydrogen (secondary N) is 1. The third kappa shape index (κ3) is 4.48. The summed E-state index contributed by atoms with van der Waals surface area (Å²) in [7, 11) is 0. The van der Waals surface area contributed by atoms with E-state index in [1.807, 2.05) is 18.2 Å². The zero-order valence-electron chi connectivity index (χ0n) is 11.1. The van der Waals surface area contributed by atoms with Gasteiger partial charge in [0.05, 0.1) is 12.0 Å². The minimum atomic E-state index is -3.38. The number of hydrogen-bond donors (Lipinski definition) is 1. The van der Waals surface area contributed by atoms with Crippen LogP contribution in [0.3, 0.4) is 0 Å². The largest absolute Gasteiger partial charge is 0.807 e. The Morgan fingerprint density at radius 2 is 1.62 bits per heavy atom. The molecule has 0 radical (unpaired) electrons. The van der Waals surface area contributed by atoms with Gasteiger partial charge in [-0.3, -0.25) is 5.09 Å². The molecule has 6 heteroatoms. The first-order valence-corrected chi connectivity index (χ1v) is 9.10. The van der Waals surface area contributed by atoms with Gasteiger partial charge >= 0.3 is 0 Å². The quantitative estimate of drug-likeness (QED) is 0.755. The van der Waals surface area contributed by atoms with Gasteiger partial charge in [0.2, 0.25) is 0 Å². The summed E-state index contributed by atoms with van der Waals surface area (Å²) in [5, 5.41) is 14.3. The summed E-state index contributed by atoms with van der Waals surface area (Å²) in [5.74, 6) is -1.32. The fourth-order valence-corrected chi connectivity index (χ4v) is 4.00. The summed E-state index contributed by atoms with van der Waals surface area (Å²) in [5.41, 5.74) is 0.808. The van der Waals surface area contributed by atoms with Crippen molar-refractivity contribution in [2.75, 3.05) is 0 Å². The fraction of sp³-hybridized carbons (Fsp3) is 0.133. The van der Waals surface area contributed by atoms with Crippen LogP contribution in [0.2, 0.25) is 0 Å². The number of benzene rings is 2. The van der Waals surface area contributed by atoms with Crippen molar-refractivity contribution >= 4 is 29.5 Å². The first-order chi connectivity index (χ1) is 9.99. The van der Waals surface area contributed by atoms with E-state index >= 15 is 0 Å². The van der Waals surface area contributed by atoms with Crippen LogP contribution in [0.5, 0.6) is 0 Å². The monoisotopic (exact) mass is 319 g/mol. The maximum atomic E-state index is 12.5. The van der Waals surface area contributed by atoms with E-state index in [-0.39, 0.29) is 6.42 Å². The van der Waals surface area contributed by atoms with Gasteiger partial charge in [-0.25, -0.2) is 0 Å². The number of rotatable bonds is 6. The van der Waals surface area contributed by atoms with Gasteiger partial charge < -0.3 is 14.8 Å². The van der Waals surface area contributed by atoms with Crippen molar-refractivity contribution in [2.24, 2.45) is 0 Å². The molecule has 0 saturated carbocycles. The summed E-state index contributed by atoms with van der Waals surface area (Å²) >= 11 is 5.07. The molecule has 2 unspecified atom stereocenters. The van der Waals surface area contributed by atoms with Crippen molar-refractivity contribution in [3.8, 4) is 0 Å². The second-order valence-electron chi connectivity index (χ2n) is 4.58. The molecule has 110 valence electrons. The van der Waals surface area contributed by atoms with Crippen molar-refractivity contribution in [3.63, 3.8) is 0 Å². The van der Waals surface area contributed by atoms with Crippen LogP contribution in [-0.2, 0) is 23.0 Å². The molecule has 2 aromatic carbocycles. The Morgan fingerprint density at radius 1 is 1.10 bits per heavy atom. The lowest BCUT2D eigenvalue weighted by molar-refractivity contribution is -0.308. The van der Waals surface area contributed by atoms with E-state index in [0.717, 1.165) is 5.56 Å². The average Bonchev–Trinajstić information content (AvgIpc) is 2.48. The number of carboxylic acid groups (broad SMARTS) is 1. The lowest BCUT2D eigenvalue weighted by atomic mass is 10.1. The van der Waals surface area contributed by atoms with Crippen LogP contribution in [0, 0.1) is 0 Å². The molecule has 2 aromatic rings. The summed E-state index contributed by atoms with van der Waals surface area (Å²) in [6.07, 6.45) is -3.22. The number of carboxylic acids is 1. The zero-order valence-corrected chi connectivity index (χ0v) is 12.8. The smallest absolute Gasteiger partial charge is 0.0590 e. The topological polar surface area (TPSA) is 75.2 Å². The first kappa shape index (κ1) is 15.9. The molecule has 0 spiro atoms. The number of carbonyl (C=O) groups excluding carboxylic acids is 1. The molecule has 0 aromatic heterocycles. The van der Waals surface area contributed by atoms with E-state index in [1.165, 1.54) is 0 Å². The summed E-state index contributed by atoms with van der Waals surface area (Å²) in [4.78, 5) is 23.8. The van der Waals surface area contributed by atoms with Crippen LogP contribution in [0.15, 0.2) is 60.7 Å². The maximum Gasteiger partial charge on any atom is 0.0590 e. The van der Waals surface area contributed by atoms with Crippen LogP contribution in [-0.4, -0.2) is 12.0 Å². The average molecular weight is 319 g/mol. The normalized spacial score (nSPS) is 15.1. The molecular weight excluding hydrogens is 305 g/mol. The minimum absolute atomic E-state index is 0.163. The second-order valence-corrected chi connectivity index (χ2v) is 8.00. The van der Waals surface area contributed by atoms with Gasteiger partial charge in [-0.2, -0.15) is 0 Å². The Balaban J connectivity index is 2.17. The van der Waals surface area contributed by atoms with Crippen LogP contribution in [0.1, 0.15) is 5.56 Å². The Kier molecular flexibility index (Phi) is 5.26. The predicted molar refractivity (Wildman–Crippen MR) is 82.4 cm³/mol. The molecule has 21 heavy (non-hydrogen) atoms. The number of aliphatic carboxylic acids is 1. The molecule has 2 rings (SSSR count). The molecule has 0 aliphatic carbocycles. The van der Waals surface area contributed by atoms with Crippen molar-refractivity contribution in [3.05, 3.63) is 66.2 Å². The zero-order chi connectivity index (χ0) is 15.3. The Morgan fingerprint density at radius 3 is 2.14 bits per heavy atom. The standard InChI is InChI=1S/C15H16NO3PS/c17-15(18)14(11-12-7-3-1-4-8-12)16-20(19,21)13-9-5-2-6-10-13/h1-10,14H,11H2,(H,17,18)(H2,16,19,21)/p-2. The van der Waals surface area contributed by atoms with Crippen LogP contribution in [0.25, 0.3) is 0 Å². The van der Waals surface area contributed by atoms with Gasteiger partial charge in [0, 0.05) is 0 Å². The Labute approximate surface area is 128 Å². The third-order valence-electron chi connectivity index (χ3n) is 2.99. The van der Waals surface area contributed by atoms with E-state index in [1.54, 1.807) is 42.5 Å². The Hall–Kier alpha value is -1.52. The molecule has 0 amide bonds. The highest BCUT2D eigenvalue weighted by molar-refractivity contribution is 8.13. The number of carbonyl (C=O) groups is 1. The molecule has 0 saturated heterocycles. The highest BCUT2D eigenvalue weighted by atomic mass is 32.4. The highest BCUT2D eigenvalue weighted by Gasteiger charge is 2.15. The van der Waals surface area contributed by atoms with E-state index in [2.05, 4.69) is 5.09 Å². The number of hydrogen-bond acceptors (Lipinski definition) is 4. The minimum Gasteiger partial charge on any atom is -0.807 e. The van der Waals surface area contributed by atoms with E-state index in [0.29, 0.717) is 5.30 Å². The fourth-order valence-electron chi connectivity index (χ4n) is 1.94. The highest BCUT2D eigenvalue weighted by Crippen LogP contribution is 2.30. The molecule has 0 bridgehead atoms. The van der Waals surface area contributed by atoms with Gasteiger partial charge in [-0.1, -0.05) is 72.5 Å². The molecule has 0 aliphatic rings. The van der Waals surface area contributed by atoms with Crippen molar-refractivity contribution in [1.82, 2.24) is 5.09 Å². The second kappa shape index (κ2) is 6.96. The Bertz CT molecular complexity index is 648. The third-order valence-corrected chi connectivity index (χ3v) is 5.57. The molecule has 4 nitrogen and oxygen atoms in total. The lowest BCUT2D eigenvalue weighted by Gasteiger charge is -2.35. The molecule has 0 aliphatic heterocycles. The first-order valence-electron chi connectivity index (χ1n) is 6.38. The summed E-state index contributed by atoms with van der Waals surface area (Å²) < 4.78 is 0. The molecule has 0 heterocycles.